The van der Waals surface area contributed by atoms with Crippen LogP contribution in [0.15, 0.2) is 36.5 Å². The van der Waals surface area contributed by atoms with Crippen molar-refractivity contribution in [2.24, 2.45) is 0 Å². The highest BCUT2D eigenvalue weighted by atomic mass is 32.1. The zero-order valence-corrected chi connectivity index (χ0v) is 16.9. The third-order valence-electron chi connectivity index (χ3n) is 5.31. The van der Waals surface area contributed by atoms with Gasteiger partial charge < -0.3 is 10.6 Å². The molecule has 29 heavy (non-hydrogen) atoms. The van der Waals surface area contributed by atoms with Gasteiger partial charge in [0.25, 0.3) is 5.91 Å². The van der Waals surface area contributed by atoms with Crippen molar-refractivity contribution in [3.63, 3.8) is 0 Å². The van der Waals surface area contributed by atoms with Gasteiger partial charge in [0.2, 0.25) is 0 Å². The first kappa shape index (κ1) is 17.7. The van der Waals surface area contributed by atoms with Crippen molar-refractivity contribution in [1.29, 1.82) is 0 Å². The van der Waals surface area contributed by atoms with E-state index in [1.165, 1.54) is 11.3 Å². The Hall–Kier alpha value is -3.43. The predicted molar refractivity (Wildman–Crippen MR) is 118 cm³/mol. The van der Waals surface area contributed by atoms with Crippen LogP contribution in [-0.4, -0.2) is 28.5 Å². The molecular formula is C23H18N4OS. The summed E-state index contributed by atoms with van der Waals surface area (Å²) in [6.07, 6.45) is 7.28. The number of anilines is 1. The van der Waals surface area contributed by atoms with Crippen LogP contribution in [0.1, 0.15) is 27.9 Å². The maximum atomic E-state index is 12.6. The topological polar surface area (TPSA) is 66.9 Å². The number of fused-ring (bicyclic) bond motifs is 5. The molecule has 5 nitrogen and oxygen atoms in total. The maximum Gasteiger partial charge on any atom is 0.263 e. The Morgan fingerprint density at radius 1 is 1.24 bits per heavy atom. The number of thiophene rings is 1. The van der Waals surface area contributed by atoms with Crippen molar-refractivity contribution in [3.8, 4) is 23.6 Å². The van der Waals surface area contributed by atoms with Crippen LogP contribution in [0, 0.1) is 19.3 Å². The van der Waals surface area contributed by atoms with Gasteiger partial charge in [-0.05, 0) is 55.7 Å². The number of hydrogen-bond acceptors (Lipinski definition) is 5. The quantitative estimate of drug-likeness (QED) is 0.468. The lowest BCUT2D eigenvalue weighted by Crippen LogP contribution is -2.34. The van der Waals surface area contributed by atoms with Gasteiger partial charge in [0.05, 0.1) is 16.9 Å². The standard InChI is InChI=1S/C23H18N4OS/c1-4-16-13(3)14(9-10-24-16)17-6-5-15-18(27-17)7-8-19-20(15)21-22(29-19)23(28)26-12(2)11-25-21/h1,5-10,12,25H,11H2,2-3H3,(H,26,28)/t12-/m1/s1. The Morgan fingerprint density at radius 2 is 2.10 bits per heavy atom. The largest absolute Gasteiger partial charge is 0.381 e. The lowest BCUT2D eigenvalue weighted by Gasteiger charge is -2.11. The second kappa shape index (κ2) is 6.57. The van der Waals surface area contributed by atoms with Crippen molar-refractivity contribution in [2.75, 3.05) is 11.9 Å². The molecule has 0 unspecified atom stereocenters. The molecule has 1 aliphatic rings. The lowest BCUT2D eigenvalue weighted by atomic mass is 10.0. The number of rotatable bonds is 1. The van der Waals surface area contributed by atoms with Crippen molar-refractivity contribution in [2.45, 2.75) is 19.9 Å². The lowest BCUT2D eigenvalue weighted by molar-refractivity contribution is 0.0949. The van der Waals surface area contributed by atoms with Gasteiger partial charge in [-0.25, -0.2) is 9.97 Å². The van der Waals surface area contributed by atoms with E-state index in [2.05, 4.69) is 27.6 Å². The fourth-order valence-corrected chi connectivity index (χ4v) is 4.93. The summed E-state index contributed by atoms with van der Waals surface area (Å²) in [4.78, 5) is 22.4. The van der Waals surface area contributed by atoms with E-state index in [9.17, 15) is 4.79 Å². The molecule has 1 atom stereocenters. The van der Waals surface area contributed by atoms with Gasteiger partial charge in [-0.3, -0.25) is 4.79 Å². The average Bonchev–Trinajstić information content (AvgIpc) is 3.04. The summed E-state index contributed by atoms with van der Waals surface area (Å²) >= 11 is 1.51. The molecule has 0 bridgehead atoms. The summed E-state index contributed by atoms with van der Waals surface area (Å²) in [7, 11) is 0. The van der Waals surface area contributed by atoms with Crippen LogP contribution in [0.4, 0.5) is 5.69 Å². The molecule has 0 spiro atoms. The fraction of sp³-hybridized carbons (Fsp3) is 0.174. The number of amides is 1. The van der Waals surface area contributed by atoms with Crippen molar-refractivity contribution >= 4 is 43.9 Å². The van der Waals surface area contributed by atoms with Crippen LogP contribution in [-0.2, 0) is 0 Å². The van der Waals surface area contributed by atoms with Crippen LogP contribution in [0.3, 0.4) is 0 Å². The average molecular weight is 398 g/mol. The Balaban J connectivity index is 1.72. The molecule has 0 aliphatic carbocycles. The second-order valence-electron chi connectivity index (χ2n) is 7.24. The molecule has 2 N–H and O–H groups in total. The second-order valence-corrected chi connectivity index (χ2v) is 8.29. The number of benzene rings is 1. The molecule has 1 aliphatic heterocycles. The monoisotopic (exact) mass is 398 g/mol. The van der Waals surface area contributed by atoms with Gasteiger partial charge in [0, 0.05) is 39.8 Å². The minimum absolute atomic E-state index is 0.0225. The Bertz CT molecular complexity index is 1350. The predicted octanol–water partition coefficient (Wildman–Crippen LogP) is 4.35. The van der Waals surface area contributed by atoms with Crippen molar-refractivity contribution < 1.29 is 4.79 Å². The molecule has 3 aromatic heterocycles. The Labute approximate surface area is 172 Å². The zero-order chi connectivity index (χ0) is 20.1. The number of terminal acetylenes is 1. The summed E-state index contributed by atoms with van der Waals surface area (Å²) in [5, 5.41) is 8.57. The third-order valence-corrected chi connectivity index (χ3v) is 6.46. The smallest absolute Gasteiger partial charge is 0.263 e. The molecule has 0 radical (unpaired) electrons. The van der Waals surface area contributed by atoms with E-state index in [0.29, 0.717) is 12.2 Å². The number of nitrogens with one attached hydrogen (secondary N) is 2. The fourth-order valence-electron chi connectivity index (χ4n) is 3.83. The Kier molecular flexibility index (Phi) is 4.00. The molecule has 5 rings (SSSR count). The number of hydrogen-bond donors (Lipinski definition) is 2. The van der Waals surface area contributed by atoms with Crippen LogP contribution < -0.4 is 10.6 Å². The van der Waals surface area contributed by atoms with E-state index >= 15 is 0 Å². The van der Waals surface area contributed by atoms with E-state index in [0.717, 1.165) is 48.4 Å². The van der Waals surface area contributed by atoms with Gasteiger partial charge in [-0.1, -0.05) is 0 Å². The summed E-state index contributed by atoms with van der Waals surface area (Å²) < 4.78 is 1.07. The molecule has 0 saturated carbocycles. The zero-order valence-electron chi connectivity index (χ0n) is 16.0. The van der Waals surface area contributed by atoms with Crippen LogP contribution in [0.25, 0.3) is 32.2 Å². The molecule has 4 heterocycles. The van der Waals surface area contributed by atoms with Crippen molar-refractivity contribution in [3.05, 3.63) is 52.7 Å². The Morgan fingerprint density at radius 3 is 2.93 bits per heavy atom. The van der Waals surface area contributed by atoms with Gasteiger partial charge in [-0.2, -0.15) is 0 Å². The first-order chi connectivity index (χ1) is 14.1. The molecular weight excluding hydrogens is 380 g/mol. The molecule has 4 aromatic rings. The van der Waals surface area contributed by atoms with E-state index in [-0.39, 0.29) is 11.9 Å². The molecule has 6 heteroatoms. The summed E-state index contributed by atoms with van der Waals surface area (Å²) in [6.45, 7) is 4.66. The van der Waals surface area contributed by atoms with Gasteiger partial charge in [0.1, 0.15) is 10.6 Å². The number of carbonyl (C=O) groups excluding carboxylic acids is 1. The number of nitrogens with zero attached hydrogens (tertiary/aromatic N) is 2. The van der Waals surface area contributed by atoms with Gasteiger partial charge in [-0.15, -0.1) is 17.8 Å². The van der Waals surface area contributed by atoms with Crippen LogP contribution in [0.2, 0.25) is 0 Å². The van der Waals surface area contributed by atoms with Crippen molar-refractivity contribution in [1.82, 2.24) is 15.3 Å². The number of aromatic nitrogens is 2. The van der Waals surface area contributed by atoms with Gasteiger partial charge >= 0.3 is 0 Å². The highest BCUT2D eigenvalue weighted by Crippen LogP contribution is 2.41. The SMILES string of the molecule is C#Cc1nccc(-c2ccc3c(ccc4sc5c(c43)NC[C@@H](C)NC5=O)n2)c1C. The molecule has 1 amide bonds. The van der Waals surface area contributed by atoms with E-state index < -0.39 is 0 Å². The summed E-state index contributed by atoms with van der Waals surface area (Å²) in [5.41, 5.74) is 5.20. The highest BCUT2D eigenvalue weighted by molar-refractivity contribution is 7.21. The maximum absolute atomic E-state index is 12.6. The van der Waals surface area contributed by atoms with Crippen LogP contribution in [0.5, 0.6) is 0 Å². The van der Waals surface area contributed by atoms with E-state index in [1.807, 2.05) is 38.1 Å². The minimum atomic E-state index is -0.0225. The van der Waals surface area contributed by atoms with Gasteiger partial charge in [0.15, 0.2) is 0 Å². The normalized spacial score (nSPS) is 16.0. The molecule has 142 valence electrons. The summed E-state index contributed by atoms with van der Waals surface area (Å²) in [5.74, 6) is 2.60. The van der Waals surface area contributed by atoms with Crippen LogP contribution >= 0.6 is 11.3 Å². The first-order valence-electron chi connectivity index (χ1n) is 9.40. The number of carbonyl (C=O) groups is 1. The first-order valence-corrected chi connectivity index (χ1v) is 10.2. The number of pyridine rings is 2. The molecule has 0 fully saturated rings. The minimum Gasteiger partial charge on any atom is -0.381 e. The molecule has 0 saturated heterocycles. The summed E-state index contributed by atoms with van der Waals surface area (Å²) in [6, 6.07) is 10.2. The highest BCUT2D eigenvalue weighted by Gasteiger charge is 2.24. The van der Waals surface area contributed by atoms with E-state index in [4.69, 9.17) is 11.4 Å². The molecule has 1 aromatic carbocycles. The third kappa shape index (κ3) is 2.74. The van der Waals surface area contributed by atoms with E-state index in [1.54, 1.807) is 6.20 Å².